The number of halogens is 1. The van der Waals surface area contributed by atoms with Gasteiger partial charge in [-0.3, -0.25) is 19.8 Å². The molecule has 0 saturated carbocycles. The van der Waals surface area contributed by atoms with Gasteiger partial charge in [0.25, 0.3) is 11.8 Å². The number of carbonyl (C=O) groups excluding carboxylic acids is 2. The lowest BCUT2D eigenvalue weighted by Crippen LogP contribution is -2.53. The van der Waals surface area contributed by atoms with Crippen LogP contribution in [0.15, 0.2) is 66.8 Å². The van der Waals surface area contributed by atoms with E-state index in [0.717, 1.165) is 0 Å². The smallest absolute Gasteiger partial charge is 0.265 e. The molecule has 0 atom stereocenters. The highest BCUT2D eigenvalue weighted by Gasteiger charge is 2.32. The minimum atomic E-state index is -0.584. The van der Waals surface area contributed by atoms with E-state index in [1.54, 1.807) is 42.5 Å². The Hall–Kier alpha value is -3.32. The first kappa shape index (κ1) is 19.4. The van der Waals surface area contributed by atoms with Crippen LogP contribution in [0.3, 0.4) is 0 Å². The zero-order valence-corrected chi connectivity index (χ0v) is 15.7. The van der Waals surface area contributed by atoms with E-state index in [1.807, 2.05) is 0 Å². The highest BCUT2D eigenvalue weighted by molar-refractivity contribution is 7.80. The van der Waals surface area contributed by atoms with E-state index in [2.05, 4.69) is 11.9 Å². The number of hydrogen-bond donors (Lipinski definition) is 1. The summed E-state index contributed by atoms with van der Waals surface area (Å²) >= 11 is 5.04. The van der Waals surface area contributed by atoms with Crippen LogP contribution in [-0.4, -0.2) is 28.4 Å². The number of ether oxygens (including phenoxy) is 1. The predicted octanol–water partition coefficient (Wildman–Crippen LogP) is 3.22. The molecular weight excluding hydrogens is 379 g/mol. The van der Waals surface area contributed by atoms with Gasteiger partial charge < -0.3 is 4.74 Å². The summed E-state index contributed by atoms with van der Waals surface area (Å²) in [7, 11) is 0. The fourth-order valence-corrected chi connectivity index (χ4v) is 2.90. The van der Waals surface area contributed by atoms with E-state index >= 15 is 0 Å². The van der Waals surface area contributed by atoms with Crippen LogP contribution in [-0.2, 0) is 16.2 Å². The summed E-state index contributed by atoms with van der Waals surface area (Å²) in [5.74, 6) is -1.05. The number of nitrogens with one attached hydrogen (secondary N) is 1. The minimum Gasteiger partial charge on any atom is -0.488 e. The first-order chi connectivity index (χ1) is 13.5. The molecule has 0 aromatic heterocycles. The number of thiocarbonyl (C=S) groups is 1. The van der Waals surface area contributed by atoms with Crippen molar-refractivity contribution in [1.29, 1.82) is 0 Å². The molecule has 5 nitrogen and oxygen atoms in total. The lowest BCUT2D eigenvalue weighted by atomic mass is 10.1. The fraction of sp³-hybridized carbons (Fsp3) is 0.0952. The first-order valence-corrected chi connectivity index (χ1v) is 8.87. The highest BCUT2D eigenvalue weighted by atomic mass is 32.1. The van der Waals surface area contributed by atoms with Gasteiger partial charge in [0, 0.05) is 17.7 Å². The minimum absolute atomic E-state index is 0.0136. The van der Waals surface area contributed by atoms with Crippen molar-refractivity contribution in [3.63, 3.8) is 0 Å². The van der Waals surface area contributed by atoms with Crippen LogP contribution in [0.2, 0.25) is 0 Å². The number of rotatable bonds is 6. The Kier molecular flexibility index (Phi) is 5.96. The van der Waals surface area contributed by atoms with Crippen LogP contribution in [0.5, 0.6) is 5.75 Å². The van der Waals surface area contributed by atoms with E-state index in [0.29, 0.717) is 16.9 Å². The van der Waals surface area contributed by atoms with E-state index in [-0.39, 0.29) is 29.7 Å². The molecular formula is C21H17FN2O3S. The van der Waals surface area contributed by atoms with Crippen LogP contribution < -0.4 is 10.1 Å². The molecule has 1 saturated heterocycles. The van der Waals surface area contributed by atoms with E-state index < -0.39 is 11.8 Å². The molecule has 1 heterocycles. The Morgan fingerprint density at radius 3 is 2.61 bits per heavy atom. The molecule has 2 aromatic carbocycles. The third kappa shape index (κ3) is 4.15. The zero-order chi connectivity index (χ0) is 20.1. The van der Waals surface area contributed by atoms with Crippen LogP contribution in [0, 0.1) is 5.82 Å². The van der Waals surface area contributed by atoms with Gasteiger partial charge in [0.1, 0.15) is 23.7 Å². The van der Waals surface area contributed by atoms with Gasteiger partial charge in [-0.15, -0.1) is 6.58 Å². The van der Waals surface area contributed by atoms with Gasteiger partial charge in [-0.25, -0.2) is 4.39 Å². The molecule has 0 spiro atoms. The van der Waals surface area contributed by atoms with Gasteiger partial charge >= 0.3 is 0 Å². The second-order valence-electron chi connectivity index (χ2n) is 5.94. The Balaban J connectivity index is 1.88. The average molecular weight is 396 g/mol. The molecule has 2 aromatic rings. The zero-order valence-electron chi connectivity index (χ0n) is 14.9. The Morgan fingerprint density at radius 1 is 1.14 bits per heavy atom. The molecule has 1 fully saturated rings. The van der Waals surface area contributed by atoms with Gasteiger partial charge in [0.15, 0.2) is 5.11 Å². The largest absolute Gasteiger partial charge is 0.488 e. The van der Waals surface area contributed by atoms with Crippen LogP contribution >= 0.6 is 12.2 Å². The summed E-state index contributed by atoms with van der Waals surface area (Å²) in [5, 5.41) is 2.53. The third-order valence-electron chi connectivity index (χ3n) is 4.06. The summed E-state index contributed by atoms with van der Waals surface area (Å²) < 4.78 is 19.5. The molecule has 3 rings (SSSR count). The van der Waals surface area contributed by atoms with E-state index in [9.17, 15) is 14.0 Å². The quantitative estimate of drug-likeness (QED) is 0.353. The van der Waals surface area contributed by atoms with Gasteiger partial charge in [-0.1, -0.05) is 42.5 Å². The number of benzene rings is 2. The fourth-order valence-electron chi connectivity index (χ4n) is 2.65. The summed E-state index contributed by atoms with van der Waals surface area (Å²) in [6.07, 6.45) is 2.96. The Morgan fingerprint density at radius 2 is 1.86 bits per heavy atom. The van der Waals surface area contributed by atoms with E-state index in [4.69, 9.17) is 17.0 Å². The average Bonchev–Trinajstić information content (AvgIpc) is 2.68. The first-order valence-electron chi connectivity index (χ1n) is 8.46. The number of amides is 2. The Labute approximate surface area is 167 Å². The molecule has 0 unspecified atom stereocenters. The molecule has 28 heavy (non-hydrogen) atoms. The molecule has 142 valence electrons. The van der Waals surface area contributed by atoms with Crippen molar-refractivity contribution >= 4 is 35.2 Å². The molecule has 1 aliphatic rings. The maximum Gasteiger partial charge on any atom is 0.265 e. The summed E-state index contributed by atoms with van der Waals surface area (Å²) in [5.41, 5.74) is 0.847. The molecule has 0 bridgehead atoms. The van der Waals surface area contributed by atoms with Crippen molar-refractivity contribution in [2.24, 2.45) is 0 Å². The lowest BCUT2D eigenvalue weighted by molar-refractivity contribution is -0.128. The molecule has 2 amide bonds. The second kappa shape index (κ2) is 8.58. The number of nitrogens with zero attached hydrogens (tertiary/aromatic N) is 1. The Bertz CT molecular complexity index is 987. The summed E-state index contributed by atoms with van der Waals surface area (Å²) in [4.78, 5) is 26.2. The van der Waals surface area contributed by atoms with Crippen molar-refractivity contribution in [3.05, 3.63) is 83.7 Å². The van der Waals surface area contributed by atoms with Crippen molar-refractivity contribution in [2.75, 3.05) is 6.54 Å². The highest BCUT2D eigenvalue weighted by Crippen LogP contribution is 2.24. The summed E-state index contributed by atoms with van der Waals surface area (Å²) in [6, 6.07) is 13.2. The lowest BCUT2D eigenvalue weighted by Gasteiger charge is -2.27. The van der Waals surface area contributed by atoms with Gasteiger partial charge in [-0.05, 0) is 30.4 Å². The van der Waals surface area contributed by atoms with Crippen LogP contribution in [0.1, 0.15) is 11.1 Å². The number of hydrogen-bond acceptors (Lipinski definition) is 4. The van der Waals surface area contributed by atoms with Crippen molar-refractivity contribution < 1.29 is 18.7 Å². The monoisotopic (exact) mass is 396 g/mol. The molecule has 0 radical (unpaired) electrons. The number of carbonyl (C=O) groups is 2. The SMILES string of the molecule is C=CCN1C(=O)/C(=C\c2ccccc2OCc2ccccc2F)C(=O)NC1=S. The molecule has 7 heteroatoms. The standard InChI is InChI=1S/C21H17FN2O3S/c1-2-11-24-20(26)16(19(25)23-21(24)28)12-14-7-4-6-10-18(14)27-13-15-8-3-5-9-17(15)22/h2-10,12H,1,11,13H2,(H,23,25,28)/b16-12-. The normalized spacial score (nSPS) is 15.5. The van der Waals surface area contributed by atoms with Gasteiger partial charge in [-0.2, -0.15) is 0 Å². The predicted molar refractivity (Wildman–Crippen MR) is 108 cm³/mol. The van der Waals surface area contributed by atoms with Crippen molar-refractivity contribution in [2.45, 2.75) is 6.61 Å². The van der Waals surface area contributed by atoms with Gasteiger partial charge in [0.05, 0.1) is 0 Å². The third-order valence-corrected chi connectivity index (χ3v) is 4.38. The maximum absolute atomic E-state index is 13.8. The number of para-hydroxylation sites is 1. The second-order valence-corrected chi connectivity index (χ2v) is 6.33. The molecule has 0 aliphatic carbocycles. The van der Waals surface area contributed by atoms with Crippen LogP contribution in [0.4, 0.5) is 4.39 Å². The maximum atomic E-state index is 13.8. The van der Waals surface area contributed by atoms with E-state index in [1.165, 1.54) is 23.1 Å². The van der Waals surface area contributed by atoms with Crippen LogP contribution in [0.25, 0.3) is 6.08 Å². The molecule has 1 aliphatic heterocycles. The molecule has 1 N–H and O–H groups in total. The summed E-state index contributed by atoms with van der Waals surface area (Å²) in [6.45, 7) is 3.78. The van der Waals surface area contributed by atoms with Crippen molar-refractivity contribution in [1.82, 2.24) is 10.2 Å². The van der Waals surface area contributed by atoms with Gasteiger partial charge in [0.2, 0.25) is 0 Å². The van der Waals surface area contributed by atoms with Crippen molar-refractivity contribution in [3.8, 4) is 5.75 Å². The topological polar surface area (TPSA) is 58.6 Å².